The molecule has 2 heteroatoms. The van der Waals surface area contributed by atoms with Gasteiger partial charge in [0, 0.05) is 18.4 Å². The second-order valence-electron chi connectivity index (χ2n) is 11.3. The van der Waals surface area contributed by atoms with Gasteiger partial charge in [0.2, 0.25) is 0 Å². The highest BCUT2D eigenvalue weighted by Gasteiger charge is 2.29. The molecule has 0 saturated carbocycles. The molecule has 0 saturated heterocycles. The van der Waals surface area contributed by atoms with Crippen LogP contribution in [0.1, 0.15) is 117 Å². The zero-order valence-electron chi connectivity index (χ0n) is 27.2. The van der Waals surface area contributed by atoms with Crippen molar-refractivity contribution in [2.45, 2.75) is 120 Å². The van der Waals surface area contributed by atoms with E-state index in [1.54, 1.807) is 6.92 Å². The van der Waals surface area contributed by atoms with E-state index in [1.165, 1.54) is 33.4 Å². The number of rotatable bonds is 8. The molecule has 1 unspecified atom stereocenters. The molecule has 0 aromatic heterocycles. The highest BCUT2D eigenvalue weighted by Crippen LogP contribution is 2.34. The van der Waals surface area contributed by atoms with Gasteiger partial charge in [0.1, 0.15) is 5.67 Å². The molecule has 0 aliphatic carbocycles. The largest absolute Gasteiger partial charge is 0.327 e. The van der Waals surface area contributed by atoms with E-state index in [-0.39, 0.29) is 11.3 Å². The van der Waals surface area contributed by atoms with Crippen LogP contribution in [0.2, 0.25) is 0 Å². The first-order chi connectivity index (χ1) is 17.6. The van der Waals surface area contributed by atoms with Gasteiger partial charge >= 0.3 is 0 Å². The number of hydrogen-bond acceptors (Lipinski definition) is 1. The Morgan fingerprint density at radius 2 is 1.42 bits per heavy atom. The molecular weight excluding hydrogens is 465 g/mol. The van der Waals surface area contributed by atoms with Crippen molar-refractivity contribution in [2.75, 3.05) is 6.54 Å². The lowest BCUT2D eigenvalue weighted by molar-refractivity contribution is 0.124. The van der Waals surface area contributed by atoms with E-state index in [0.29, 0.717) is 6.42 Å². The first-order valence-corrected chi connectivity index (χ1v) is 14.5. The van der Waals surface area contributed by atoms with Crippen LogP contribution in [0.25, 0.3) is 0 Å². The van der Waals surface area contributed by atoms with Crippen LogP contribution < -0.4 is 5.73 Å². The lowest BCUT2D eigenvalue weighted by atomic mass is 9.76. The molecule has 1 nitrogen and oxygen atoms in total. The molecule has 0 fully saturated rings. The summed E-state index contributed by atoms with van der Waals surface area (Å²) in [6.45, 7) is 30.8. The summed E-state index contributed by atoms with van der Waals surface area (Å²) in [5.74, 6) is 0.00608. The molecule has 0 amide bonds. The first-order valence-electron chi connectivity index (χ1n) is 14.5. The Morgan fingerprint density at radius 1 is 0.921 bits per heavy atom. The van der Waals surface area contributed by atoms with E-state index >= 15 is 0 Å². The normalized spacial score (nSPS) is 12.7. The number of allylic oxidation sites excluding steroid dienone is 2. The van der Waals surface area contributed by atoms with E-state index < -0.39 is 5.67 Å². The third-order valence-electron chi connectivity index (χ3n) is 6.59. The summed E-state index contributed by atoms with van der Waals surface area (Å²) in [4.78, 5) is 0. The summed E-state index contributed by atoms with van der Waals surface area (Å²) in [5, 5.41) is 0. The molecule has 2 rings (SSSR count). The molecule has 2 aromatic carbocycles. The molecular formula is C36H60FN. The second-order valence-corrected chi connectivity index (χ2v) is 11.3. The number of nitrogens with two attached hydrogens (primary N) is 1. The van der Waals surface area contributed by atoms with Crippen molar-refractivity contribution in [1.82, 2.24) is 0 Å². The fraction of sp³-hybridized carbons (Fsp3) is 0.556. The summed E-state index contributed by atoms with van der Waals surface area (Å²) in [5.41, 5.74) is 12.7. The highest BCUT2D eigenvalue weighted by molar-refractivity contribution is 5.42. The van der Waals surface area contributed by atoms with Crippen LogP contribution in [0.15, 0.2) is 66.3 Å². The van der Waals surface area contributed by atoms with Gasteiger partial charge < -0.3 is 5.73 Å². The maximum Gasteiger partial charge on any atom is 0.114 e. The monoisotopic (exact) mass is 525 g/mol. The van der Waals surface area contributed by atoms with Gasteiger partial charge in [0.05, 0.1) is 0 Å². The average molecular weight is 526 g/mol. The Balaban J connectivity index is 0. The van der Waals surface area contributed by atoms with Gasteiger partial charge in [0.15, 0.2) is 0 Å². The van der Waals surface area contributed by atoms with Gasteiger partial charge in [-0.3, -0.25) is 0 Å². The lowest BCUT2D eigenvalue weighted by Gasteiger charge is -2.29. The maximum atomic E-state index is 14.8. The fourth-order valence-electron chi connectivity index (χ4n) is 3.73. The van der Waals surface area contributed by atoms with Gasteiger partial charge in [-0.1, -0.05) is 126 Å². The molecule has 2 N–H and O–H groups in total. The van der Waals surface area contributed by atoms with Crippen LogP contribution in [0.5, 0.6) is 0 Å². The molecule has 1 atom stereocenters. The smallest absolute Gasteiger partial charge is 0.114 e. The minimum Gasteiger partial charge on any atom is -0.327 e. The van der Waals surface area contributed by atoms with Gasteiger partial charge in [-0.25, -0.2) is 4.39 Å². The van der Waals surface area contributed by atoms with E-state index in [9.17, 15) is 4.39 Å². The van der Waals surface area contributed by atoms with Crippen molar-refractivity contribution in [2.24, 2.45) is 11.7 Å². The Morgan fingerprint density at radius 3 is 1.79 bits per heavy atom. The maximum absolute atomic E-state index is 14.8. The molecule has 0 spiro atoms. The predicted octanol–water partition coefficient (Wildman–Crippen LogP) is 10.9. The Kier molecular flexibility index (Phi) is 18.9. The zero-order chi connectivity index (χ0) is 30.1. The van der Waals surface area contributed by atoms with Crippen molar-refractivity contribution < 1.29 is 4.39 Å². The average Bonchev–Trinajstić information content (AvgIpc) is 2.83. The number of aryl methyl sites for hydroxylation is 2. The third-order valence-corrected chi connectivity index (χ3v) is 6.59. The fourth-order valence-corrected chi connectivity index (χ4v) is 3.73. The van der Waals surface area contributed by atoms with Crippen molar-refractivity contribution in [3.8, 4) is 0 Å². The minimum atomic E-state index is -1.18. The van der Waals surface area contributed by atoms with Gasteiger partial charge in [-0.2, -0.15) is 0 Å². The quantitative estimate of drug-likeness (QED) is 0.341. The molecule has 0 aliphatic heterocycles. The summed E-state index contributed by atoms with van der Waals surface area (Å²) in [6, 6.07) is 15.3. The van der Waals surface area contributed by atoms with Crippen LogP contribution in [0.4, 0.5) is 4.39 Å². The molecule has 2 aromatic rings. The number of hydrogen-bond donors (Lipinski definition) is 1. The molecule has 216 valence electrons. The Bertz CT molecular complexity index is 936. The van der Waals surface area contributed by atoms with E-state index in [0.717, 1.165) is 24.9 Å². The zero-order valence-corrected chi connectivity index (χ0v) is 27.2. The van der Waals surface area contributed by atoms with E-state index in [4.69, 9.17) is 5.73 Å². The van der Waals surface area contributed by atoms with Gasteiger partial charge in [-0.05, 0) is 70.1 Å². The SMILES string of the molecule is C=C(C)C.CC.CC/C=C(/CC)CN.Cc1ccc(C(C)(C)c2cc(C)cc(CC(C)(F)C(C)C)c2)cc1. The predicted molar refractivity (Wildman–Crippen MR) is 172 cm³/mol. The topological polar surface area (TPSA) is 26.0 Å². The third kappa shape index (κ3) is 14.7. The molecule has 0 heterocycles. The lowest BCUT2D eigenvalue weighted by Crippen LogP contribution is -2.28. The Labute approximate surface area is 236 Å². The number of benzene rings is 2. The minimum absolute atomic E-state index is 0.00608. The highest BCUT2D eigenvalue weighted by atomic mass is 19.1. The van der Waals surface area contributed by atoms with Gasteiger partial charge in [0.25, 0.3) is 0 Å². The Hall–Kier alpha value is -2.19. The van der Waals surface area contributed by atoms with Crippen molar-refractivity contribution in [1.29, 1.82) is 0 Å². The summed E-state index contributed by atoms with van der Waals surface area (Å²) >= 11 is 0. The molecule has 38 heavy (non-hydrogen) atoms. The number of halogens is 1. The van der Waals surface area contributed by atoms with Gasteiger partial charge in [-0.15, -0.1) is 6.58 Å². The molecule has 0 radical (unpaired) electrons. The standard InChI is InChI=1S/C23H31F.C7H15N.C4H8.C2H6/c1-16(2)23(7,24)15-19-12-18(4)13-21(14-19)22(5,6)20-10-8-17(3)9-11-20;1-3-5-7(4-2)6-8;1-4(2)3;1-2/h8-14,16H,15H2,1-7H3;5H,3-4,6,8H2,1-2H3;1H2,2-3H3;1-2H3/b;7-5-;;. The summed E-state index contributed by atoms with van der Waals surface area (Å²) < 4.78 is 14.8. The van der Waals surface area contributed by atoms with Crippen LogP contribution >= 0.6 is 0 Å². The summed E-state index contributed by atoms with van der Waals surface area (Å²) in [7, 11) is 0. The second kappa shape index (κ2) is 19.0. The van der Waals surface area contributed by atoms with Crippen LogP contribution in [-0.4, -0.2) is 12.2 Å². The van der Waals surface area contributed by atoms with E-state index in [2.05, 4.69) is 96.7 Å². The van der Waals surface area contributed by atoms with Crippen molar-refractivity contribution in [3.05, 3.63) is 94.1 Å². The molecule has 0 aliphatic rings. The first kappa shape index (κ1) is 38.0. The van der Waals surface area contributed by atoms with Crippen LogP contribution in [0, 0.1) is 19.8 Å². The summed E-state index contributed by atoms with van der Waals surface area (Å²) in [6.07, 6.45) is 4.87. The van der Waals surface area contributed by atoms with E-state index in [1.807, 2.05) is 41.5 Å². The van der Waals surface area contributed by atoms with Crippen LogP contribution in [-0.2, 0) is 11.8 Å². The van der Waals surface area contributed by atoms with Crippen molar-refractivity contribution in [3.63, 3.8) is 0 Å². The molecule has 0 bridgehead atoms. The van der Waals surface area contributed by atoms with Crippen molar-refractivity contribution >= 4 is 0 Å². The number of alkyl halides is 1. The van der Waals surface area contributed by atoms with Crippen LogP contribution in [0.3, 0.4) is 0 Å².